The smallest absolute Gasteiger partial charge is 0.131 e. The zero-order valence-corrected chi connectivity index (χ0v) is 11.8. The molecule has 0 radical (unpaired) electrons. The first-order valence-electron chi connectivity index (χ1n) is 6.68. The van der Waals surface area contributed by atoms with E-state index in [1.165, 1.54) is 0 Å². The maximum absolute atomic E-state index is 13.9. The molecule has 2 nitrogen and oxygen atoms in total. The highest BCUT2D eigenvalue weighted by molar-refractivity contribution is 5.29. The lowest BCUT2D eigenvalue weighted by Gasteiger charge is -2.13. The standard InChI is InChI=1S/C17H19FO2/c1-12-4-3-5-15(17(12)18)16(19)11-8-13-6-9-14(20-2)10-7-13/h3-7,9-10,16,19H,8,11H2,1-2H3. The van der Waals surface area contributed by atoms with Gasteiger partial charge < -0.3 is 9.84 Å². The molecule has 0 aromatic heterocycles. The van der Waals surface area contributed by atoms with Crippen LogP contribution in [-0.2, 0) is 6.42 Å². The number of hydrogen-bond acceptors (Lipinski definition) is 2. The van der Waals surface area contributed by atoms with E-state index in [9.17, 15) is 9.50 Å². The Morgan fingerprint density at radius 1 is 1.15 bits per heavy atom. The molecule has 0 heterocycles. The van der Waals surface area contributed by atoms with Gasteiger partial charge in [0.1, 0.15) is 11.6 Å². The van der Waals surface area contributed by atoms with Crippen molar-refractivity contribution in [2.75, 3.05) is 7.11 Å². The Hall–Kier alpha value is -1.87. The Balaban J connectivity index is 2.00. The van der Waals surface area contributed by atoms with Crippen molar-refractivity contribution >= 4 is 0 Å². The summed E-state index contributed by atoms with van der Waals surface area (Å²) in [6.45, 7) is 1.70. The van der Waals surface area contributed by atoms with Gasteiger partial charge in [-0.25, -0.2) is 4.39 Å². The second-order valence-corrected chi connectivity index (χ2v) is 4.88. The number of halogens is 1. The van der Waals surface area contributed by atoms with Crippen LogP contribution in [-0.4, -0.2) is 12.2 Å². The van der Waals surface area contributed by atoms with Gasteiger partial charge in [-0.05, 0) is 43.0 Å². The minimum atomic E-state index is -0.781. The summed E-state index contributed by atoms with van der Waals surface area (Å²) in [4.78, 5) is 0. The molecule has 0 aliphatic heterocycles. The Kier molecular flexibility index (Phi) is 4.74. The van der Waals surface area contributed by atoms with Crippen LogP contribution in [0.3, 0.4) is 0 Å². The minimum absolute atomic E-state index is 0.310. The van der Waals surface area contributed by atoms with Crippen LogP contribution in [0, 0.1) is 12.7 Å². The second-order valence-electron chi connectivity index (χ2n) is 4.88. The Morgan fingerprint density at radius 2 is 1.85 bits per heavy atom. The number of benzene rings is 2. The van der Waals surface area contributed by atoms with E-state index in [-0.39, 0.29) is 5.82 Å². The molecule has 0 saturated carbocycles. The summed E-state index contributed by atoms with van der Waals surface area (Å²) in [7, 11) is 1.62. The van der Waals surface area contributed by atoms with Crippen LogP contribution in [0.1, 0.15) is 29.2 Å². The van der Waals surface area contributed by atoms with Gasteiger partial charge >= 0.3 is 0 Å². The van der Waals surface area contributed by atoms with Crippen molar-refractivity contribution in [1.29, 1.82) is 0 Å². The lowest BCUT2D eigenvalue weighted by molar-refractivity contribution is 0.163. The second kappa shape index (κ2) is 6.53. The van der Waals surface area contributed by atoms with E-state index < -0.39 is 6.10 Å². The van der Waals surface area contributed by atoms with E-state index in [2.05, 4.69) is 0 Å². The molecule has 1 atom stereocenters. The number of hydrogen-bond donors (Lipinski definition) is 1. The van der Waals surface area contributed by atoms with Gasteiger partial charge in [-0.2, -0.15) is 0 Å². The highest BCUT2D eigenvalue weighted by Crippen LogP contribution is 2.24. The van der Waals surface area contributed by atoms with Crippen LogP contribution in [0.2, 0.25) is 0 Å². The molecule has 0 amide bonds. The summed E-state index contributed by atoms with van der Waals surface area (Å²) in [6.07, 6.45) is 0.405. The monoisotopic (exact) mass is 274 g/mol. The zero-order chi connectivity index (χ0) is 14.5. The maximum Gasteiger partial charge on any atom is 0.131 e. The molecule has 2 aromatic carbocycles. The highest BCUT2D eigenvalue weighted by Gasteiger charge is 2.14. The van der Waals surface area contributed by atoms with Gasteiger partial charge in [-0.3, -0.25) is 0 Å². The summed E-state index contributed by atoms with van der Waals surface area (Å²) in [5, 5.41) is 10.1. The Morgan fingerprint density at radius 3 is 2.50 bits per heavy atom. The van der Waals surface area contributed by atoms with E-state index in [0.717, 1.165) is 11.3 Å². The van der Waals surface area contributed by atoms with Crippen LogP contribution in [0.5, 0.6) is 5.75 Å². The summed E-state index contributed by atoms with van der Waals surface area (Å²) in [5.41, 5.74) is 2.03. The lowest BCUT2D eigenvalue weighted by atomic mass is 9.99. The number of aliphatic hydroxyl groups is 1. The van der Waals surface area contributed by atoms with Crippen molar-refractivity contribution in [2.24, 2.45) is 0 Å². The van der Waals surface area contributed by atoms with Gasteiger partial charge in [-0.1, -0.05) is 30.3 Å². The fraction of sp³-hybridized carbons (Fsp3) is 0.294. The quantitative estimate of drug-likeness (QED) is 0.898. The number of methoxy groups -OCH3 is 1. The molecule has 0 spiro atoms. The van der Waals surface area contributed by atoms with Crippen LogP contribution in [0.25, 0.3) is 0 Å². The third kappa shape index (κ3) is 3.36. The first kappa shape index (κ1) is 14.5. The molecular weight excluding hydrogens is 255 g/mol. The SMILES string of the molecule is COc1ccc(CCC(O)c2cccc(C)c2F)cc1. The Bertz CT molecular complexity index is 564. The summed E-state index contributed by atoms with van der Waals surface area (Å²) >= 11 is 0. The number of aliphatic hydroxyl groups excluding tert-OH is 1. The normalized spacial score (nSPS) is 12.2. The molecule has 0 aliphatic rings. The van der Waals surface area contributed by atoms with Gasteiger partial charge in [0.25, 0.3) is 0 Å². The molecule has 0 fully saturated rings. The average molecular weight is 274 g/mol. The predicted molar refractivity (Wildman–Crippen MR) is 77.4 cm³/mol. The summed E-state index contributed by atoms with van der Waals surface area (Å²) in [6, 6.07) is 12.8. The number of rotatable bonds is 5. The van der Waals surface area contributed by atoms with Crippen molar-refractivity contribution in [2.45, 2.75) is 25.9 Å². The highest BCUT2D eigenvalue weighted by atomic mass is 19.1. The molecule has 0 saturated heterocycles. The molecule has 3 heteroatoms. The first-order valence-corrected chi connectivity index (χ1v) is 6.68. The lowest BCUT2D eigenvalue weighted by Crippen LogP contribution is -2.03. The van der Waals surface area contributed by atoms with Gasteiger partial charge in [0.15, 0.2) is 0 Å². The van der Waals surface area contributed by atoms with Crippen LogP contribution in [0.15, 0.2) is 42.5 Å². The molecule has 1 N–H and O–H groups in total. The molecule has 0 aliphatic carbocycles. The van der Waals surface area contributed by atoms with Crippen molar-refractivity contribution in [3.05, 3.63) is 65.0 Å². The third-order valence-electron chi connectivity index (χ3n) is 3.45. The number of aryl methyl sites for hydroxylation is 2. The third-order valence-corrected chi connectivity index (χ3v) is 3.45. The molecule has 0 bridgehead atoms. The molecular formula is C17H19FO2. The van der Waals surface area contributed by atoms with Crippen molar-refractivity contribution in [1.82, 2.24) is 0 Å². The van der Waals surface area contributed by atoms with E-state index >= 15 is 0 Å². The van der Waals surface area contributed by atoms with Crippen LogP contribution < -0.4 is 4.74 Å². The zero-order valence-electron chi connectivity index (χ0n) is 11.8. The Labute approximate surface area is 118 Å². The molecule has 20 heavy (non-hydrogen) atoms. The van der Waals surface area contributed by atoms with Crippen LogP contribution >= 0.6 is 0 Å². The minimum Gasteiger partial charge on any atom is -0.497 e. The average Bonchev–Trinajstić information content (AvgIpc) is 2.48. The van der Waals surface area contributed by atoms with Crippen LogP contribution in [0.4, 0.5) is 4.39 Å². The molecule has 2 aromatic rings. The van der Waals surface area contributed by atoms with Crippen molar-refractivity contribution in [3.8, 4) is 5.75 Å². The van der Waals surface area contributed by atoms with E-state index in [1.807, 2.05) is 24.3 Å². The topological polar surface area (TPSA) is 29.5 Å². The predicted octanol–water partition coefficient (Wildman–Crippen LogP) is 3.81. The van der Waals surface area contributed by atoms with Gasteiger partial charge in [-0.15, -0.1) is 0 Å². The molecule has 1 unspecified atom stereocenters. The van der Waals surface area contributed by atoms with Crippen molar-refractivity contribution in [3.63, 3.8) is 0 Å². The van der Waals surface area contributed by atoms with Gasteiger partial charge in [0, 0.05) is 5.56 Å². The fourth-order valence-electron chi connectivity index (χ4n) is 2.18. The summed E-state index contributed by atoms with van der Waals surface area (Å²) < 4.78 is 19.0. The van der Waals surface area contributed by atoms with Gasteiger partial charge in [0.05, 0.1) is 13.2 Å². The maximum atomic E-state index is 13.9. The summed E-state index contributed by atoms with van der Waals surface area (Å²) in [5.74, 6) is 0.494. The van der Waals surface area contributed by atoms with E-state index in [0.29, 0.717) is 24.0 Å². The molecule has 2 rings (SSSR count). The van der Waals surface area contributed by atoms with Crippen molar-refractivity contribution < 1.29 is 14.2 Å². The number of ether oxygens (including phenoxy) is 1. The largest absolute Gasteiger partial charge is 0.497 e. The fourth-order valence-corrected chi connectivity index (χ4v) is 2.18. The van der Waals surface area contributed by atoms with E-state index in [4.69, 9.17) is 4.74 Å². The van der Waals surface area contributed by atoms with Gasteiger partial charge in [0.2, 0.25) is 0 Å². The molecule has 106 valence electrons. The first-order chi connectivity index (χ1) is 9.61. The van der Waals surface area contributed by atoms with E-state index in [1.54, 1.807) is 32.2 Å².